The van der Waals surface area contributed by atoms with Crippen molar-refractivity contribution in [1.29, 1.82) is 0 Å². The molecule has 6 nitrogen and oxygen atoms in total. The third-order valence-corrected chi connectivity index (χ3v) is 3.65. The molecule has 2 amide bonds. The van der Waals surface area contributed by atoms with Crippen molar-refractivity contribution in [2.45, 2.75) is 32.7 Å². The van der Waals surface area contributed by atoms with Gasteiger partial charge in [-0.05, 0) is 44.5 Å². The normalized spacial score (nSPS) is 11.6. The summed E-state index contributed by atoms with van der Waals surface area (Å²) in [6, 6.07) is 10.7. The second kappa shape index (κ2) is 9.52. The molecule has 134 valence electrons. The smallest absolute Gasteiger partial charge is 0.255 e. The molecule has 0 aliphatic heterocycles. The Balaban J connectivity index is 1.76. The summed E-state index contributed by atoms with van der Waals surface area (Å²) < 4.78 is 10.7. The van der Waals surface area contributed by atoms with Gasteiger partial charge >= 0.3 is 0 Å². The lowest BCUT2D eigenvalue weighted by Crippen LogP contribution is -2.41. The van der Waals surface area contributed by atoms with Crippen LogP contribution in [0, 0.1) is 0 Å². The highest BCUT2D eigenvalue weighted by Gasteiger charge is 2.14. The number of carbonyl (C=O) groups is 2. The fourth-order valence-corrected chi connectivity index (χ4v) is 2.40. The topological polar surface area (TPSA) is 80.6 Å². The fraction of sp³-hybridized carbons (Fsp3) is 0.368. The molecular weight excluding hydrogens is 320 g/mol. The van der Waals surface area contributed by atoms with Gasteiger partial charge in [-0.25, -0.2) is 0 Å². The van der Waals surface area contributed by atoms with Crippen molar-refractivity contribution in [3.05, 3.63) is 54.0 Å². The summed E-state index contributed by atoms with van der Waals surface area (Å²) in [5.41, 5.74) is 0.419. The minimum absolute atomic E-state index is 0.00906. The number of furan rings is 1. The average molecular weight is 344 g/mol. The lowest BCUT2D eigenvalue weighted by Gasteiger charge is -2.14. The number of benzene rings is 1. The van der Waals surface area contributed by atoms with Crippen LogP contribution in [0.3, 0.4) is 0 Å². The molecule has 2 aromatic rings. The molecule has 2 rings (SSSR count). The predicted octanol–water partition coefficient (Wildman–Crippen LogP) is 2.55. The Kier molecular flexibility index (Phi) is 7.07. The van der Waals surface area contributed by atoms with Gasteiger partial charge in [0, 0.05) is 12.5 Å². The molecule has 1 atom stereocenters. The first-order chi connectivity index (χ1) is 12.1. The van der Waals surface area contributed by atoms with Crippen LogP contribution in [0.25, 0.3) is 0 Å². The van der Waals surface area contributed by atoms with E-state index in [1.165, 1.54) is 0 Å². The van der Waals surface area contributed by atoms with E-state index in [9.17, 15) is 9.59 Å². The van der Waals surface area contributed by atoms with Crippen molar-refractivity contribution in [3.63, 3.8) is 0 Å². The van der Waals surface area contributed by atoms with E-state index >= 15 is 0 Å². The highest BCUT2D eigenvalue weighted by molar-refractivity contribution is 5.98. The third kappa shape index (κ3) is 5.99. The van der Waals surface area contributed by atoms with Crippen LogP contribution in [0.4, 0.5) is 0 Å². The molecule has 0 aliphatic carbocycles. The monoisotopic (exact) mass is 344 g/mol. The Hall–Kier alpha value is -2.76. The van der Waals surface area contributed by atoms with E-state index in [0.29, 0.717) is 17.9 Å². The van der Waals surface area contributed by atoms with E-state index < -0.39 is 0 Å². The van der Waals surface area contributed by atoms with Gasteiger partial charge in [-0.15, -0.1) is 0 Å². The molecule has 0 bridgehead atoms. The summed E-state index contributed by atoms with van der Waals surface area (Å²) in [5, 5.41) is 5.49. The number of aryl methyl sites for hydroxylation is 1. The first-order valence-corrected chi connectivity index (χ1v) is 8.42. The Morgan fingerprint density at radius 2 is 2.00 bits per heavy atom. The van der Waals surface area contributed by atoms with Crippen LogP contribution >= 0.6 is 0 Å². The van der Waals surface area contributed by atoms with Gasteiger partial charge < -0.3 is 19.8 Å². The first-order valence-electron chi connectivity index (χ1n) is 8.42. The van der Waals surface area contributed by atoms with Crippen molar-refractivity contribution >= 4 is 11.8 Å². The van der Waals surface area contributed by atoms with Crippen LogP contribution in [-0.4, -0.2) is 31.0 Å². The summed E-state index contributed by atoms with van der Waals surface area (Å²) in [7, 11) is 0. The van der Waals surface area contributed by atoms with Gasteiger partial charge in [0.25, 0.3) is 5.91 Å². The molecule has 0 saturated carbocycles. The first kappa shape index (κ1) is 18.6. The summed E-state index contributed by atoms with van der Waals surface area (Å²) in [5.74, 6) is 0.841. The molecule has 0 fully saturated rings. The van der Waals surface area contributed by atoms with Gasteiger partial charge in [0.05, 0.1) is 25.0 Å². The van der Waals surface area contributed by atoms with Crippen molar-refractivity contribution < 1.29 is 18.7 Å². The van der Waals surface area contributed by atoms with E-state index in [2.05, 4.69) is 10.6 Å². The summed E-state index contributed by atoms with van der Waals surface area (Å²) >= 11 is 0. The van der Waals surface area contributed by atoms with Crippen LogP contribution < -0.4 is 15.4 Å². The Bertz CT molecular complexity index is 682. The number of ether oxygens (including phenoxy) is 1. The minimum atomic E-state index is -0.331. The van der Waals surface area contributed by atoms with Crippen molar-refractivity contribution in [2.24, 2.45) is 0 Å². The van der Waals surface area contributed by atoms with Gasteiger partial charge in [-0.3, -0.25) is 9.59 Å². The quantitative estimate of drug-likeness (QED) is 0.732. The molecule has 0 aliphatic rings. The third-order valence-electron chi connectivity index (χ3n) is 3.65. The van der Waals surface area contributed by atoms with Crippen molar-refractivity contribution in [1.82, 2.24) is 10.6 Å². The van der Waals surface area contributed by atoms with Crippen LogP contribution in [0.1, 0.15) is 36.4 Å². The second-order valence-corrected chi connectivity index (χ2v) is 5.70. The number of amides is 2. The maximum absolute atomic E-state index is 12.2. The minimum Gasteiger partial charge on any atom is -0.493 e. The maximum atomic E-state index is 12.2. The second-order valence-electron chi connectivity index (χ2n) is 5.70. The molecule has 2 N–H and O–H groups in total. The highest BCUT2D eigenvalue weighted by Crippen LogP contribution is 2.17. The lowest BCUT2D eigenvalue weighted by molar-refractivity contribution is -0.120. The lowest BCUT2D eigenvalue weighted by atomic mass is 10.1. The molecule has 6 heteroatoms. The molecule has 1 aromatic heterocycles. The largest absolute Gasteiger partial charge is 0.493 e. The standard InChI is InChI=1S/C19H24N2O4/c1-3-24-17-9-5-4-8-16(17)19(23)20-13-18(22)21-14(2)10-11-15-7-6-12-25-15/h4-9,12,14H,3,10-11,13H2,1-2H3,(H,20,23)(H,21,22). The molecule has 1 aromatic carbocycles. The van der Waals surface area contributed by atoms with Crippen molar-refractivity contribution in [2.75, 3.05) is 13.2 Å². The van der Waals surface area contributed by atoms with Gasteiger partial charge in [-0.2, -0.15) is 0 Å². The number of hydrogen-bond donors (Lipinski definition) is 2. The molecule has 25 heavy (non-hydrogen) atoms. The molecular formula is C19H24N2O4. The maximum Gasteiger partial charge on any atom is 0.255 e. The SMILES string of the molecule is CCOc1ccccc1C(=O)NCC(=O)NC(C)CCc1ccco1. The molecule has 1 heterocycles. The zero-order valence-electron chi connectivity index (χ0n) is 14.6. The van der Waals surface area contributed by atoms with Gasteiger partial charge in [0.2, 0.25) is 5.91 Å². The van der Waals surface area contributed by atoms with E-state index in [-0.39, 0.29) is 24.4 Å². The summed E-state index contributed by atoms with van der Waals surface area (Å²) in [4.78, 5) is 24.2. The number of carbonyl (C=O) groups excluding carboxylic acids is 2. The number of hydrogen-bond acceptors (Lipinski definition) is 4. The van der Waals surface area contributed by atoms with E-state index in [0.717, 1.165) is 18.6 Å². The van der Waals surface area contributed by atoms with E-state index in [4.69, 9.17) is 9.15 Å². The van der Waals surface area contributed by atoms with Crippen LogP contribution in [0.15, 0.2) is 47.1 Å². The Morgan fingerprint density at radius 1 is 1.20 bits per heavy atom. The Morgan fingerprint density at radius 3 is 2.72 bits per heavy atom. The zero-order valence-corrected chi connectivity index (χ0v) is 14.6. The number of rotatable bonds is 9. The van der Waals surface area contributed by atoms with E-state index in [1.54, 1.807) is 30.5 Å². The Labute approximate surface area is 147 Å². The van der Waals surface area contributed by atoms with Crippen LogP contribution in [0.2, 0.25) is 0 Å². The number of nitrogens with one attached hydrogen (secondary N) is 2. The van der Waals surface area contributed by atoms with Gasteiger partial charge in [0.15, 0.2) is 0 Å². The van der Waals surface area contributed by atoms with Crippen molar-refractivity contribution in [3.8, 4) is 5.75 Å². The van der Waals surface area contributed by atoms with Crippen LogP contribution in [-0.2, 0) is 11.2 Å². The molecule has 0 spiro atoms. The molecule has 0 radical (unpaired) electrons. The number of para-hydroxylation sites is 1. The van der Waals surface area contributed by atoms with E-state index in [1.807, 2.05) is 26.0 Å². The van der Waals surface area contributed by atoms with Crippen LogP contribution in [0.5, 0.6) is 5.75 Å². The molecule has 0 saturated heterocycles. The zero-order chi connectivity index (χ0) is 18.1. The van der Waals surface area contributed by atoms with Gasteiger partial charge in [0.1, 0.15) is 11.5 Å². The summed E-state index contributed by atoms with van der Waals surface area (Å²) in [6.07, 6.45) is 3.15. The summed E-state index contributed by atoms with van der Waals surface area (Å²) in [6.45, 7) is 4.17. The predicted molar refractivity (Wildman–Crippen MR) is 94.6 cm³/mol. The fourth-order valence-electron chi connectivity index (χ4n) is 2.40. The molecule has 1 unspecified atom stereocenters. The van der Waals surface area contributed by atoms with Gasteiger partial charge in [-0.1, -0.05) is 12.1 Å². The highest BCUT2D eigenvalue weighted by atomic mass is 16.5. The average Bonchev–Trinajstić information content (AvgIpc) is 3.12.